The summed E-state index contributed by atoms with van der Waals surface area (Å²) in [5.74, 6) is 1.73. The normalized spacial score (nSPS) is 15.8. The van der Waals surface area contributed by atoms with Crippen molar-refractivity contribution in [1.82, 2.24) is 14.7 Å². The summed E-state index contributed by atoms with van der Waals surface area (Å²) in [6.45, 7) is 0.806. The molecule has 2 aromatic rings. The molecule has 1 N–H and O–H groups in total. The molecular formula is C16H21N3O2S2. The van der Waals surface area contributed by atoms with Crippen LogP contribution >= 0.6 is 23.1 Å². The van der Waals surface area contributed by atoms with Crippen molar-refractivity contribution in [1.29, 1.82) is 0 Å². The van der Waals surface area contributed by atoms with E-state index in [1.54, 1.807) is 12.3 Å². The number of carbonyl (C=O) groups is 1. The average molecular weight is 351 g/mol. The zero-order valence-corrected chi connectivity index (χ0v) is 14.6. The Morgan fingerprint density at radius 2 is 2.22 bits per heavy atom. The van der Waals surface area contributed by atoms with Crippen molar-refractivity contribution < 1.29 is 4.79 Å². The zero-order valence-electron chi connectivity index (χ0n) is 13.0. The van der Waals surface area contributed by atoms with Crippen LogP contribution in [-0.4, -0.2) is 27.6 Å². The van der Waals surface area contributed by atoms with Crippen molar-refractivity contribution in [3.05, 3.63) is 33.7 Å². The first kappa shape index (κ1) is 16.5. The molecule has 124 valence electrons. The number of thioether (sulfide) groups is 1. The maximum absolute atomic E-state index is 11.9. The highest BCUT2D eigenvalue weighted by Gasteiger charge is 2.14. The topological polar surface area (TPSA) is 63.5 Å². The maximum atomic E-state index is 11.9. The highest BCUT2D eigenvalue weighted by atomic mass is 32.2. The molecule has 1 fully saturated rings. The summed E-state index contributed by atoms with van der Waals surface area (Å²) in [6.07, 6.45) is 8.13. The molecule has 5 nitrogen and oxygen atoms in total. The molecule has 0 aromatic carbocycles. The summed E-state index contributed by atoms with van der Waals surface area (Å²) in [5.41, 5.74) is 0.677. The van der Waals surface area contributed by atoms with E-state index < -0.39 is 0 Å². The molecule has 1 amide bonds. The second-order valence-electron chi connectivity index (χ2n) is 5.94. The molecule has 0 radical (unpaired) electrons. The molecule has 7 heteroatoms. The third kappa shape index (κ3) is 4.57. The van der Waals surface area contributed by atoms with E-state index in [4.69, 9.17) is 0 Å². The summed E-state index contributed by atoms with van der Waals surface area (Å²) in [5, 5.41) is 4.88. The van der Waals surface area contributed by atoms with Gasteiger partial charge in [-0.05, 0) is 18.8 Å². The van der Waals surface area contributed by atoms with Crippen molar-refractivity contribution in [3.63, 3.8) is 0 Å². The van der Waals surface area contributed by atoms with Crippen LogP contribution in [-0.2, 0) is 10.5 Å². The summed E-state index contributed by atoms with van der Waals surface area (Å²) < 4.78 is 1.54. The zero-order chi connectivity index (χ0) is 16.1. The Kier molecular flexibility index (Phi) is 5.72. The number of hydrogen-bond acceptors (Lipinski definition) is 5. The number of thiazole rings is 1. The summed E-state index contributed by atoms with van der Waals surface area (Å²) in [4.78, 5) is 28.9. The average Bonchev–Trinajstić information content (AvgIpc) is 3.03. The quantitative estimate of drug-likeness (QED) is 0.869. The van der Waals surface area contributed by atoms with Gasteiger partial charge in [0.2, 0.25) is 5.91 Å². The molecule has 23 heavy (non-hydrogen) atoms. The van der Waals surface area contributed by atoms with Gasteiger partial charge in [0.1, 0.15) is 0 Å². The van der Waals surface area contributed by atoms with Gasteiger partial charge in [-0.3, -0.25) is 14.0 Å². The van der Waals surface area contributed by atoms with E-state index in [1.165, 1.54) is 59.6 Å². The van der Waals surface area contributed by atoms with E-state index in [0.29, 0.717) is 22.4 Å². The van der Waals surface area contributed by atoms with Gasteiger partial charge in [0, 0.05) is 29.9 Å². The Hall–Kier alpha value is -1.34. The highest BCUT2D eigenvalue weighted by molar-refractivity contribution is 7.99. The van der Waals surface area contributed by atoms with Crippen molar-refractivity contribution >= 4 is 34.0 Å². The van der Waals surface area contributed by atoms with Gasteiger partial charge >= 0.3 is 0 Å². The SMILES string of the molecule is O=C(CSCc1cc(=O)n2ccsc2n1)NCC1CCCCC1. The number of fused-ring (bicyclic) bond motifs is 1. The van der Waals surface area contributed by atoms with Crippen molar-refractivity contribution in [2.45, 2.75) is 37.9 Å². The minimum absolute atomic E-state index is 0.0615. The lowest BCUT2D eigenvalue weighted by Crippen LogP contribution is -2.31. The van der Waals surface area contributed by atoms with E-state index in [-0.39, 0.29) is 11.5 Å². The van der Waals surface area contributed by atoms with Gasteiger partial charge < -0.3 is 5.32 Å². The first-order valence-electron chi connectivity index (χ1n) is 8.02. The lowest BCUT2D eigenvalue weighted by atomic mass is 9.89. The molecular weight excluding hydrogens is 330 g/mol. The Morgan fingerprint density at radius 3 is 3.04 bits per heavy atom. The molecule has 0 spiro atoms. The van der Waals surface area contributed by atoms with Crippen LogP contribution in [0, 0.1) is 5.92 Å². The van der Waals surface area contributed by atoms with Crippen LogP contribution in [0.3, 0.4) is 0 Å². The Labute approximate surface area is 143 Å². The third-order valence-electron chi connectivity index (χ3n) is 4.15. The van der Waals surface area contributed by atoms with Crippen LogP contribution in [0.5, 0.6) is 0 Å². The fourth-order valence-electron chi connectivity index (χ4n) is 2.91. The van der Waals surface area contributed by atoms with Crippen molar-refractivity contribution in [2.24, 2.45) is 5.92 Å². The predicted molar refractivity (Wildman–Crippen MR) is 95.1 cm³/mol. The minimum Gasteiger partial charge on any atom is -0.355 e. The molecule has 0 bridgehead atoms. The lowest BCUT2D eigenvalue weighted by molar-refractivity contribution is -0.118. The molecule has 0 atom stereocenters. The summed E-state index contributed by atoms with van der Waals surface area (Å²) >= 11 is 2.95. The van der Waals surface area contributed by atoms with E-state index >= 15 is 0 Å². The summed E-state index contributed by atoms with van der Waals surface area (Å²) in [6, 6.07) is 1.55. The van der Waals surface area contributed by atoms with Gasteiger partial charge in [-0.1, -0.05) is 19.3 Å². The third-order valence-corrected chi connectivity index (χ3v) is 5.87. The lowest BCUT2D eigenvalue weighted by Gasteiger charge is -2.21. The monoisotopic (exact) mass is 351 g/mol. The van der Waals surface area contributed by atoms with Gasteiger partial charge in [-0.2, -0.15) is 0 Å². The van der Waals surface area contributed by atoms with E-state index in [2.05, 4.69) is 10.3 Å². The molecule has 1 saturated carbocycles. The van der Waals surface area contributed by atoms with E-state index in [0.717, 1.165) is 12.2 Å². The van der Waals surface area contributed by atoms with Gasteiger partial charge in [-0.25, -0.2) is 4.98 Å². The van der Waals surface area contributed by atoms with Crippen LogP contribution in [0.25, 0.3) is 4.96 Å². The Morgan fingerprint density at radius 1 is 1.39 bits per heavy atom. The predicted octanol–water partition coefficient (Wildman–Crippen LogP) is 2.69. The number of carbonyl (C=O) groups excluding carboxylic acids is 1. The molecule has 0 aliphatic heterocycles. The molecule has 3 rings (SSSR count). The van der Waals surface area contributed by atoms with Gasteiger partial charge in [0.15, 0.2) is 4.96 Å². The first-order valence-corrected chi connectivity index (χ1v) is 10.1. The van der Waals surface area contributed by atoms with Crippen LogP contribution in [0.15, 0.2) is 22.4 Å². The minimum atomic E-state index is -0.0615. The van der Waals surface area contributed by atoms with E-state index in [1.807, 2.05) is 5.38 Å². The molecule has 1 aliphatic carbocycles. The number of nitrogens with one attached hydrogen (secondary N) is 1. The number of amides is 1. The number of hydrogen-bond donors (Lipinski definition) is 1. The van der Waals surface area contributed by atoms with Gasteiger partial charge in [-0.15, -0.1) is 23.1 Å². The molecule has 2 aromatic heterocycles. The Balaban J connectivity index is 1.42. The van der Waals surface area contributed by atoms with Crippen LogP contribution < -0.4 is 10.9 Å². The largest absolute Gasteiger partial charge is 0.355 e. The number of aromatic nitrogens is 2. The van der Waals surface area contributed by atoms with Gasteiger partial charge in [0.05, 0.1) is 11.4 Å². The smallest absolute Gasteiger partial charge is 0.258 e. The molecule has 1 aliphatic rings. The number of nitrogens with zero attached hydrogens (tertiary/aromatic N) is 2. The summed E-state index contributed by atoms with van der Waals surface area (Å²) in [7, 11) is 0. The van der Waals surface area contributed by atoms with E-state index in [9.17, 15) is 9.59 Å². The number of rotatable bonds is 6. The highest BCUT2D eigenvalue weighted by Crippen LogP contribution is 2.22. The van der Waals surface area contributed by atoms with Gasteiger partial charge in [0.25, 0.3) is 5.56 Å². The Bertz CT molecular complexity index is 719. The molecule has 0 unspecified atom stereocenters. The maximum Gasteiger partial charge on any atom is 0.258 e. The van der Waals surface area contributed by atoms with Crippen molar-refractivity contribution in [3.8, 4) is 0 Å². The van der Waals surface area contributed by atoms with Crippen LogP contribution in [0.4, 0.5) is 0 Å². The second kappa shape index (κ2) is 7.97. The van der Waals surface area contributed by atoms with Crippen LogP contribution in [0.2, 0.25) is 0 Å². The van der Waals surface area contributed by atoms with Crippen molar-refractivity contribution in [2.75, 3.05) is 12.3 Å². The molecule has 0 saturated heterocycles. The second-order valence-corrected chi connectivity index (χ2v) is 7.80. The standard InChI is InChI=1S/C16H21N3O2S2/c20-14(17-9-12-4-2-1-3-5-12)11-22-10-13-8-15(21)19-6-7-23-16(19)18-13/h6-8,12H,1-5,9-11H2,(H,17,20). The first-order chi connectivity index (χ1) is 11.2. The fraction of sp³-hybridized carbons (Fsp3) is 0.562. The fourth-order valence-corrected chi connectivity index (χ4v) is 4.40. The molecule has 2 heterocycles. The van der Waals surface area contributed by atoms with Crippen LogP contribution in [0.1, 0.15) is 37.8 Å².